The van der Waals surface area contributed by atoms with Crippen LogP contribution in [0.5, 0.6) is 0 Å². The van der Waals surface area contributed by atoms with Gasteiger partial charge in [-0.2, -0.15) is 0 Å². The molecule has 0 spiro atoms. The Morgan fingerprint density at radius 3 is 2.33 bits per heavy atom. The van der Waals surface area contributed by atoms with E-state index in [9.17, 15) is 8.42 Å². The van der Waals surface area contributed by atoms with Crippen LogP contribution in [0.15, 0.2) is 23.1 Å². The van der Waals surface area contributed by atoms with Crippen molar-refractivity contribution in [3.8, 4) is 0 Å². The normalized spacial score (nSPS) is 28.2. The molecule has 2 unspecified atom stereocenters. The molecule has 2 saturated heterocycles. The number of rotatable bonds is 3. The van der Waals surface area contributed by atoms with E-state index < -0.39 is 10.0 Å². The number of halogens is 1. The summed E-state index contributed by atoms with van der Waals surface area (Å²) in [7, 11) is -3.40. The third kappa shape index (κ3) is 3.59. The third-order valence-corrected chi connectivity index (χ3v) is 6.10. The van der Waals surface area contributed by atoms with Crippen LogP contribution < -0.4 is 10.0 Å². The molecule has 2 fully saturated rings. The molecule has 0 radical (unpaired) electrons. The molecule has 118 valence electrons. The van der Waals surface area contributed by atoms with Gasteiger partial charge in [-0.25, -0.2) is 13.1 Å². The molecule has 3 rings (SSSR count). The van der Waals surface area contributed by atoms with Crippen molar-refractivity contribution in [3.63, 3.8) is 0 Å². The van der Waals surface area contributed by atoms with Crippen molar-refractivity contribution in [1.29, 1.82) is 0 Å². The Balaban J connectivity index is 0.00000161. The highest BCUT2D eigenvalue weighted by molar-refractivity contribution is 7.89. The van der Waals surface area contributed by atoms with E-state index >= 15 is 0 Å². The highest BCUT2D eigenvalue weighted by atomic mass is 35.5. The Bertz CT molecular complexity index is 606. The minimum Gasteiger partial charge on any atom is -0.311 e. The van der Waals surface area contributed by atoms with Crippen molar-refractivity contribution in [2.45, 2.75) is 62.6 Å². The van der Waals surface area contributed by atoms with Crippen LogP contribution in [0.25, 0.3) is 0 Å². The van der Waals surface area contributed by atoms with Crippen LogP contribution in [0.4, 0.5) is 0 Å². The van der Waals surface area contributed by atoms with Crippen LogP contribution in [0.3, 0.4) is 0 Å². The van der Waals surface area contributed by atoms with Crippen molar-refractivity contribution in [2.24, 2.45) is 0 Å². The summed E-state index contributed by atoms with van der Waals surface area (Å²) in [6.45, 7) is 3.83. The van der Waals surface area contributed by atoms with Crippen molar-refractivity contribution < 1.29 is 8.42 Å². The average Bonchev–Trinajstić information content (AvgIpc) is 2.67. The number of aryl methyl sites for hydroxylation is 2. The van der Waals surface area contributed by atoms with E-state index in [0.29, 0.717) is 17.0 Å². The van der Waals surface area contributed by atoms with Crippen molar-refractivity contribution >= 4 is 22.4 Å². The molecule has 0 saturated carbocycles. The van der Waals surface area contributed by atoms with Crippen molar-refractivity contribution in [3.05, 3.63) is 29.3 Å². The predicted molar refractivity (Wildman–Crippen MR) is 86.5 cm³/mol. The van der Waals surface area contributed by atoms with Crippen LogP contribution in [-0.4, -0.2) is 26.5 Å². The first-order valence-electron chi connectivity index (χ1n) is 7.30. The number of nitrogens with one attached hydrogen (secondary N) is 2. The maximum absolute atomic E-state index is 12.5. The summed E-state index contributed by atoms with van der Waals surface area (Å²) in [4.78, 5) is 0.411. The zero-order chi connectivity index (χ0) is 14.3. The van der Waals surface area contributed by atoms with Gasteiger partial charge < -0.3 is 5.32 Å². The smallest absolute Gasteiger partial charge is 0.241 e. The molecule has 2 aliphatic rings. The minimum absolute atomic E-state index is 0. The van der Waals surface area contributed by atoms with Gasteiger partial charge in [0.05, 0.1) is 4.90 Å². The van der Waals surface area contributed by atoms with Crippen LogP contribution in [-0.2, 0) is 10.0 Å². The van der Waals surface area contributed by atoms with Gasteiger partial charge in [-0.15, -0.1) is 12.4 Å². The van der Waals surface area contributed by atoms with E-state index in [0.717, 1.165) is 24.0 Å². The molecule has 1 aromatic carbocycles. The first-order chi connectivity index (χ1) is 9.44. The molecule has 2 bridgehead atoms. The first-order valence-corrected chi connectivity index (χ1v) is 8.78. The summed E-state index contributed by atoms with van der Waals surface area (Å²) in [6.07, 6.45) is 4.15. The zero-order valence-electron chi connectivity index (χ0n) is 12.4. The molecule has 1 aromatic rings. The molecule has 6 heteroatoms. The summed E-state index contributed by atoms with van der Waals surface area (Å²) in [6, 6.07) is 6.53. The molecular weight excluding hydrogens is 308 g/mol. The fourth-order valence-corrected chi connectivity index (χ4v) is 5.03. The van der Waals surface area contributed by atoms with Crippen LogP contribution >= 0.6 is 12.4 Å². The second kappa shape index (κ2) is 6.24. The number of piperidine rings is 1. The standard InChI is InChI=1S/C15H22N2O2S.ClH/c1-10-3-6-15(11(2)7-10)20(18,19)17-14-8-12-4-5-13(9-14)16-12;/h3,6-7,12-14,16-17H,4-5,8-9H2,1-2H3;1H. The van der Waals surface area contributed by atoms with Gasteiger partial charge in [0.2, 0.25) is 10.0 Å². The molecule has 4 nitrogen and oxygen atoms in total. The van der Waals surface area contributed by atoms with Gasteiger partial charge in [0.15, 0.2) is 0 Å². The van der Waals surface area contributed by atoms with Gasteiger partial charge in [0.25, 0.3) is 0 Å². The fourth-order valence-electron chi connectivity index (χ4n) is 3.54. The Labute approximate surface area is 133 Å². The van der Waals surface area contributed by atoms with E-state index in [1.54, 1.807) is 6.07 Å². The number of benzene rings is 1. The fraction of sp³-hybridized carbons (Fsp3) is 0.600. The molecule has 0 amide bonds. The number of hydrogen-bond donors (Lipinski definition) is 2. The van der Waals surface area contributed by atoms with E-state index in [4.69, 9.17) is 0 Å². The molecule has 2 atom stereocenters. The van der Waals surface area contributed by atoms with Gasteiger partial charge in [-0.3, -0.25) is 0 Å². The topological polar surface area (TPSA) is 58.2 Å². The molecule has 2 heterocycles. The quantitative estimate of drug-likeness (QED) is 0.894. The third-order valence-electron chi connectivity index (χ3n) is 4.41. The molecule has 21 heavy (non-hydrogen) atoms. The minimum atomic E-state index is -3.40. The Morgan fingerprint density at radius 1 is 1.14 bits per heavy atom. The highest BCUT2D eigenvalue weighted by Gasteiger charge is 2.35. The maximum Gasteiger partial charge on any atom is 0.241 e. The summed E-state index contributed by atoms with van der Waals surface area (Å²) < 4.78 is 28.0. The molecule has 2 aliphatic heterocycles. The van der Waals surface area contributed by atoms with Gasteiger partial charge in [-0.05, 0) is 51.2 Å². The molecular formula is C15H23ClN2O2S. The van der Waals surface area contributed by atoms with E-state index in [-0.39, 0.29) is 18.4 Å². The van der Waals surface area contributed by atoms with Crippen LogP contribution in [0, 0.1) is 13.8 Å². The Morgan fingerprint density at radius 2 is 1.76 bits per heavy atom. The van der Waals surface area contributed by atoms with Gasteiger partial charge in [0.1, 0.15) is 0 Å². The van der Waals surface area contributed by atoms with Crippen LogP contribution in [0.1, 0.15) is 36.8 Å². The van der Waals surface area contributed by atoms with E-state index in [1.165, 1.54) is 12.8 Å². The molecule has 2 N–H and O–H groups in total. The highest BCUT2D eigenvalue weighted by Crippen LogP contribution is 2.28. The second-order valence-corrected chi connectivity index (χ2v) is 7.88. The lowest BCUT2D eigenvalue weighted by molar-refractivity contribution is 0.345. The lowest BCUT2D eigenvalue weighted by Gasteiger charge is -2.29. The van der Waals surface area contributed by atoms with Crippen molar-refractivity contribution in [1.82, 2.24) is 10.0 Å². The second-order valence-electron chi connectivity index (χ2n) is 6.20. The lowest BCUT2D eigenvalue weighted by Crippen LogP contribution is -2.48. The first kappa shape index (κ1) is 16.7. The van der Waals surface area contributed by atoms with Crippen molar-refractivity contribution in [2.75, 3.05) is 0 Å². The lowest BCUT2D eigenvalue weighted by atomic mass is 10.0. The Hall–Kier alpha value is -0.620. The van der Waals surface area contributed by atoms with Crippen LogP contribution in [0.2, 0.25) is 0 Å². The number of fused-ring (bicyclic) bond motifs is 2. The van der Waals surface area contributed by atoms with Gasteiger partial charge in [0, 0.05) is 18.1 Å². The monoisotopic (exact) mass is 330 g/mol. The number of hydrogen-bond acceptors (Lipinski definition) is 3. The summed E-state index contributed by atoms with van der Waals surface area (Å²) in [5, 5.41) is 3.53. The zero-order valence-corrected chi connectivity index (χ0v) is 14.1. The van der Waals surface area contributed by atoms with E-state index in [1.807, 2.05) is 26.0 Å². The summed E-state index contributed by atoms with van der Waals surface area (Å²) in [5.41, 5.74) is 1.90. The largest absolute Gasteiger partial charge is 0.311 e. The van der Waals surface area contributed by atoms with E-state index in [2.05, 4.69) is 10.0 Å². The predicted octanol–water partition coefficient (Wildman–Crippen LogP) is 2.29. The van der Waals surface area contributed by atoms with Gasteiger partial charge in [-0.1, -0.05) is 17.7 Å². The molecule has 0 aromatic heterocycles. The summed E-state index contributed by atoms with van der Waals surface area (Å²) >= 11 is 0. The Kier molecular flexibility index (Phi) is 4.98. The molecule has 0 aliphatic carbocycles. The number of sulfonamides is 1. The average molecular weight is 331 g/mol. The maximum atomic E-state index is 12.5. The summed E-state index contributed by atoms with van der Waals surface area (Å²) in [5.74, 6) is 0. The van der Waals surface area contributed by atoms with Gasteiger partial charge >= 0.3 is 0 Å². The SMILES string of the molecule is Cc1ccc(S(=O)(=O)NC2CC3CCC(C2)N3)c(C)c1.Cl.